The van der Waals surface area contributed by atoms with Crippen molar-refractivity contribution in [3.63, 3.8) is 0 Å². The van der Waals surface area contributed by atoms with E-state index < -0.39 is 0 Å². The zero-order valence-electron chi connectivity index (χ0n) is 68.0. The molecule has 0 saturated heterocycles. The standard InChI is InChI=1S/C24H18N4O3.C24H18N4O2S.C24H18N4OS2.C23H15N4OS2.4Pt/c1-25-10-11-27(15-25)17-5-3-7-19(13-17)30-20-8-4-6-18(14-20)28-16-26(2)23-22(28)21-9-12-29-24(21)31-23;1-25-10-11-27(15-25)17-5-3-7-19(13-17)30-20-8-4-6-18(14-20)28-16-26(2)24-22(28)23-21(31-24)9-12-29-23;1-25-10-11-27(15-25)17-5-3-7-19(13-17)29-20-8-4-6-18(14-20)28-16-26(2)24-22(28)23-21(31-24)9-12-30-23;1-25-15-26(21-22-20(9-12-29-22)30-23(21)25)16-5-2-7-18(13-16)28-19-8-3-6-17(14-19)27-11-4-10-24-27;;;;/h3*3-12,15-16H,1-2H3;2-12,15H,1H3;;;;/q3*-4;-3;;3*+4. The van der Waals surface area contributed by atoms with Gasteiger partial charge < -0.3 is 101 Å². The quantitative estimate of drug-likeness (QED) is 0.0847. The summed E-state index contributed by atoms with van der Waals surface area (Å²) >= 11 is 8.89. The third-order valence-electron chi connectivity index (χ3n) is 20.3. The molecular formula is C95H69N16O7Pt4S5-3. The van der Waals surface area contributed by atoms with Crippen molar-refractivity contribution in [2.75, 3.05) is 103 Å². The van der Waals surface area contributed by atoms with Crippen molar-refractivity contribution in [1.82, 2.24) is 24.5 Å². The van der Waals surface area contributed by atoms with Crippen molar-refractivity contribution >= 4 is 180 Å². The number of furan rings is 3. The van der Waals surface area contributed by atoms with Crippen LogP contribution in [0.2, 0.25) is 0 Å². The molecule has 24 rings (SSSR count). The molecule has 0 atom stereocenters. The summed E-state index contributed by atoms with van der Waals surface area (Å²) < 4.78 is 49.5. The molecule has 23 nitrogen and oxygen atoms in total. The molecule has 8 aromatic carbocycles. The van der Waals surface area contributed by atoms with E-state index in [0.29, 0.717) is 51.8 Å². The fraction of sp³-hybridized carbons (Fsp3) is 0.0737. The van der Waals surface area contributed by atoms with Crippen molar-refractivity contribution in [3.05, 3.63) is 344 Å². The van der Waals surface area contributed by atoms with Gasteiger partial charge in [-0.2, -0.15) is 93.6 Å². The van der Waals surface area contributed by atoms with E-state index in [1.807, 2.05) is 332 Å². The summed E-state index contributed by atoms with van der Waals surface area (Å²) in [6, 6.07) is 83.8. The molecular weight excluding hydrogens is 2420 g/mol. The first-order valence-corrected chi connectivity index (χ1v) is 42.9. The number of benzene rings is 8. The molecule has 0 spiro atoms. The van der Waals surface area contributed by atoms with Crippen molar-refractivity contribution in [2.45, 2.75) is 0 Å². The third kappa shape index (κ3) is 17.7. The van der Waals surface area contributed by atoms with E-state index in [-0.39, 0.29) is 84.3 Å². The second kappa shape index (κ2) is 37.6. The molecule has 127 heavy (non-hydrogen) atoms. The second-order valence-electron chi connectivity index (χ2n) is 28.9. The maximum absolute atomic E-state index is 6.14. The summed E-state index contributed by atoms with van der Waals surface area (Å²) in [5.74, 6) is 6.29. The molecule has 0 radical (unpaired) electrons. The number of ether oxygens (including phenoxy) is 4. The van der Waals surface area contributed by atoms with Crippen LogP contribution in [0.1, 0.15) is 0 Å². The minimum atomic E-state index is 0. The molecule has 0 bridgehead atoms. The van der Waals surface area contributed by atoms with E-state index in [0.717, 1.165) is 83.4 Å². The molecule has 16 heterocycles. The van der Waals surface area contributed by atoms with E-state index >= 15 is 0 Å². The largest absolute Gasteiger partial charge is 4.00 e. The van der Waals surface area contributed by atoms with Gasteiger partial charge in [0.15, 0.2) is 11.5 Å². The second-order valence-corrected chi connectivity index (χ2v) is 33.8. The topological polar surface area (TPSA) is 140 Å². The van der Waals surface area contributed by atoms with Crippen LogP contribution in [0.15, 0.2) is 262 Å². The molecule has 0 saturated carbocycles. The minimum absolute atomic E-state index is 0. The Kier molecular flexibility index (Phi) is 26.0. The summed E-state index contributed by atoms with van der Waals surface area (Å²) in [4.78, 5) is 28.8. The van der Waals surface area contributed by atoms with Crippen molar-refractivity contribution in [1.29, 1.82) is 0 Å². The molecule has 9 aromatic heterocycles. The van der Waals surface area contributed by atoms with Gasteiger partial charge in [0.25, 0.3) is 0 Å². The number of fused-ring (bicyclic) bond motifs is 12. The van der Waals surface area contributed by atoms with Crippen LogP contribution in [-0.2, 0) is 84.3 Å². The van der Waals surface area contributed by atoms with Gasteiger partial charge in [0.2, 0.25) is 0 Å². The average Bonchev–Trinajstić information content (AvgIpc) is 1.60. The number of anilines is 15. The molecule has 0 amide bonds. The SMILES string of the molecule is CN1C=CN(c2[c-]c(Oc3[c-]c(N4[CH-]N(C)c5oc6occc6c54)ccc3)ccc2)[CH-]1.CN1C=CN(c2[c-]c(Oc3[c-]c(N4[CH-]N(C)c5sc6ccoc6c54)ccc3)ccc2)[CH-]1.CN1C=CN(c2[c-]c(Oc3[c-]c(N4[CH-]N(C)c5sc6ccsc6c54)ccc3)ccc2)[CH-]1.CN1[CH-]N(c2[c-]c(Oc3[c-]c(-n4cccn4)ccc3)ccc2)c2c1sc1ccsc21.[Pt+4].[Pt+4].[Pt+4].[Pt]. The van der Waals surface area contributed by atoms with Crippen LogP contribution in [0.5, 0.6) is 46.0 Å². The Morgan fingerprint density at radius 2 is 0.685 bits per heavy atom. The Morgan fingerprint density at radius 1 is 0.339 bits per heavy atom. The van der Waals surface area contributed by atoms with Crippen molar-refractivity contribution in [2.24, 2.45) is 0 Å². The van der Waals surface area contributed by atoms with Crippen LogP contribution >= 0.6 is 56.7 Å². The number of aromatic nitrogens is 2. The van der Waals surface area contributed by atoms with E-state index in [9.17, 15) is 0 Å². The summed E-state index contributed by atoms with van der Waals surface area (Å²) in [6.07, 6.45) is 18.9. The summed E-state index contributed by atoms with van der Waals surface area (Å²) in [5, 5.41) is 13.1. The van der Waals surface area contributed by atoms with Gasteiger partial charge in [0.1, 0.15) is 0 Å². The van der Waals surface area contributed by atoms with Crippen LogP contribution in [0.25, 0.3) is 45.9 Å². The fourth-order valence-electron chi connectivity index (χ4n) is 14.7. The monoisotopic (exact) mass is 2490 g/mol. The van der Waals surface area contributed by atoms with Crippen LogP contribution < -0.4 is 72.8 Å². The van der Waals surface area contributed by atoms with Gasteiger partial charge in [-0.1, -0.05) is 0 Å². The normalized spacial score (nSPS) is 14.4. The zero-order chi connectivity index (χ0) is 82.9. The Balaban J connectivity index is 0.000000118. The Hall–Kier alpha value is -11.3. The predicted octanol–water partition coefficient (Wildman–Crippen LogP) is 24.0. The Morgan fingerprint density at radius 3 is 1.08 bits per heavy atom. The number of thiophene rings is 5. The molecule has 0 N–H and O–H groups in total. The number of nitrogens with zero attached hydrogens (tertiary/aromatic N) is 16. The first kappa shape index (κ1) is 87.8. The molecule has 17 aromatic rings. The van der Waals surface area contributed by atoms with Gasteiger partial charge in [-0.05, 0) is 133 Å². The van der Waals surface area contributed by atoms with Crippen molar-refractivity contribution < 1.29 is 116 Å². The van der Waals surface area contributed by atoms with Gasteiger partial charge in [-0.25, -0.2) is 0 Å². The van der Waals surface area contributed by atoms with Gasteiger partial charge in [-0.15, -0.1) is 249 Å². The maximum Gasteiger partial charge on any atom is 4.00 e. The average molecular weight is 2490 g/mol. The molecule has 0 unspecified atom stereocenters. The summed E-state index contributed by atoms with van der Waals surface area (Å²) in [5.41, 5.74) is 12.4. The molecule has 644 valence electrons. The van der Waals surface area contributed by atoms with Crippen molar-refractivity contribution in [3.8, 4) is 51.7 Å². The van der Waals surface area contributed by atoms with E-state index in [2.05, 4.69) is 139 Å². The number of hydrogen-bond donors (Lipinski definition) is 0. The molecule has 7 aliphatic heterocycles. The maximum atomic E-state index is 6.14. The molecule has 7 aliphatic rings. The van der Waals surface area contributed by atoms with E-state index in [1.165, 1.54) is 40.2 Å². The van der Waals surface area contributed by atoms with Gasteiger partial charge >= 0.3 is 69.0 Å². The Labute approximate surface area is 812 Å². The van der Waals surface area contributed by atoms with Crippen LogP contribution in [0.4, 0.5) is 83.4 Å². The first-order valence-electron chi connectivity index (χ1n) is 38.7. The predicted molar refractivity (Wildman–Crippen MR) is 492 cm³/mol. The van der Waals surface area contributed by atoms with Gasteiger partial charge in [-0.3, -0.25) is 4.68 Å². The first-order chi connectivity index (χ1) is 60.2. The summed E-state index contributed by atoms with van der Waals surface area (Å²) in [7, 11) is 14.1. The third-order valence-corrected chi connectivity index (χ3v) is 26.1. The smallest absolute Gasteiger partial charge is 0.510 e. The van der Waals surface area contributed by atoms with Gasteiger partial charge in [0.05, 0.1) is 69.8 Å². The van der Waals surface area contributed by atoms with Crippen LogP contribution in [0.3, 0.4) is 0 Å². The van der Waals surface area contributed by atoms with Crippen LogP contribution in [-0.4, -0.2) is 73.8 Å². The van der Waals surface area contributed by atoms with E-state index in [1.54, 1.807) is 57.4 Å². The zero-order valence-corrected chi connectivity index (χ0v) is 81.2. The summed E-state index contributed by atoms with van der Waals surface area (Å²) in [6.45, 7) is 14.1. The molecule has 0 fully saturated rings. The number of rotatable bonds is 16. The number of hydrogen-bond acceptors (Lipinski definition) is 27. The Bertz CT molecular complexity index is 6390. The molecule has 32 heteroatoms. The fourth-order valence-corrected chi connectivity index (χ4v) is 20.3. The minimum Gasteiger partial charge on any atom is -0.510 e. The van der Waals surface area contributed by atoms with E-state index in [4.69, 9.17) is 32.2 Å². The van der Waals surface area contributed by atoms with Crippen LogP contribution in [0, 0.1) is 95.2 Å². The van der Waals surface area contributed by atoms with Gasteiger partial charge in [0, 0.05) is 88.9 Å². The molecule has 0 aliphatic carbocycles.